The maximum absolute atomic E-state index is 12.8. The minimum Gasteiger partial charge on any atom is -0.330 e. The third-order valence-electron chi connectivity index (χ3n) is 3.67. The average Bonchev–Trinajstić information content (AvgIpc) is 3.02. The molecule has 0 fully saturated rings. The van der Waals surface area contributed by atoms with E-state index in [1.807, 2.05) is 72.6 Å². The average molecular weight is 305 g/mol. The van der Waals surface area contributed by atoms with Gasteiger partial charge in [0.2, 0.25) is 0 Å². The van der Waals surface area contributed by atoms with Gasteiger partial charge in [0.25, 0.3) is 5.91 Å². The van der Waals surface area contributed by atoms with Gasteiger partial charge >= 0.3 is 0 Å². The Labute approximate surface area is 136 Å². The minimum absolute atomic E-state index is 0.00851. The summed E-state index contributed by atoms with van der Waals surface area (Å²) in [4.78, 5) is 14.7. The number of benzene rings is 2. The van der Waals surface area contributed by atoms with Crippen molar-refractivity contribution in [2.45, 2.75) is 13.1 Å². The number of hydrogen-bond acceptors (Lipinski definition) is 2. The third-order valence-corrected chi connectivity index (χ3v) is 3.67. The highest BCUT2D eigenvalue weighted by molar-refractivity contribution is 5.93. The van der Waals surface area contributed by atoms with Gasteiger partial charge in [0.1, 0.15) is 0 Å². The van der Waals surface area contributed by atoms with Crippen LogP contribution in [0.4, 0.5) is 0 Å². The van der Waals surface area contributed by atoms with Crippen LogP contribution in [0.1, 0.15) is 21.5 Å². The molecule has 3 aromatic rings. The molecule has 0 aliphatic carbocycles. The molecule has 0 radical (unpaired) electrons. The van der Waals surface area contributed by atoms with Crippen molar-refractivity contribution in [1.29, 1.82) is 0 Å². The lowest BCUT2D eigenvalue weighted by Crippen LogP contribution is -2.29. The fourth-order valence-electron chi connectivity index (χ4n) is 2.52. The Morgan fingerprint density at radius 2 is 1.48 bits per heavy atom. The van der Waals surface area contributed by atoms with Crippen molar-refractivity contribution >= 4 is 5.91 Å². The van der Waals surface area contributed by atoms with Crippen LogP contribution in [0.15, 0.2) is 73.1 Å². The van der Waals surface area contributed by atoms with Gasteiger partial charge in [-0.15, -0.1) is 0 Å². The van der Waals surface area contributed by atoms with E-state index >= 15 is 0 Å². The fraction of sp³-hybridized carbons (Fsp3) is 0.158. The molecule has 2 aromatic carbocycles. The predicted octanol–water partition coefficient (Wildman–Crippen LogP) is 3.26. The molecule has 0 atom stereocenters. The van der Waals surface area contributed by atoms with E-state index in [1.165, 1.54) is 0 Å². The molecule has 116 valence electrons. The molecule has 0 saturated heterocycles. The van der Waals surface area contributed by atoms with E-state index in [4.69, 9.17) is 0 Å². The van der Waals surface area contributed by atoms with Crippen molar-refractivity contribution in [3.8, 4) is 0 Å². The van der Waals surface area contributed by atoms with Crippen LogP contribution in [0, 0.1) is 0 Å². The molecule has 0 bridgehead atoms. The summed E-state index contributed by atoms with van der Waals surface area (Å²) < 4.78 is 1.65. The predicted molar refractivity (Wildman–Crippen MR) is 89.7 cm³/mol. The first-order chi connectivity index (χ1) is 11.2. The molecule has 4 nitrogen and oxygen atoms in total. The van der Waals surface area contributed by atoms with Crippen LogP contribution in [0.3, 0.4) is 0 Å². The Hall–Kier alpha value is -2.88. The zero-order valence-electron chi connectivity index (χ0n) is 13.1. The molecule has 1 amide bonds. The molecule has 0 aliphatic heterocycles. The minimum atomic E-state index is -0.00851. The van der Waals surface area contributed by atoms with E-state index in [1.54, 1.807) is 17.1 Å². The Morgan fingerprint density at radius 1 is 0.957 bits per heavy atom. The van der Waals surface area contributed by atoms with Gasteiger partial charge in [-0.25, -0.2) is 0 Å². The van der Waals surface area contributed by atoms with Crippen LogP contribution in [0.25, 0.3) is 0 Å². The van der Waals surface area contributed by atoms with Crippen molar-refractivity contribution in [3.63, 3.8) is 0 Å². The summed E-state index contributed by atoms with van der Waals surface area (Å²) >= 11 is 0. The van der Waals surface area contributed by atoms with E-state index < -0.39 is 0 Å². The van der Waals surface area contributed by atoms with Crippen LogP contribution in [0.5, 0.6) is 0 Å². The number of hydrogen-bond donors (Lipinski definition) is 0. The second kappa shape index (κ2) is 6.92. The van der Waals surface area contributed by atoms with Crippen LogP contribution >= 0.6 is 0 Å². The first kappa shape index (κ1) is 15.0. The van der Waals surface area contributed by atoms with E-state index in [9.17, 15) is 4.79 Å². The molecule has 23 heavy (non-hydrogen) atoms. The van der Waals surface area contributed by atoms with Gasteiger partial charge in [0.15, 0.2) is 0 Å². The van der Waals surface area contributed by atoms with Crippen molar-refractivity contribution in [3.05, 3.63) is 89.7 Å². The molecule has 0 saturated carbocycles. The summed E-state index contributed by atoms with van der Waals surface area (Å²) in [6, 6.07) is 20.1. The third kappa shape index (κ3) is 3.86. The number of carbonyl (C=O) groups excluding carboxylic acids is 1. The van der Waals surface area contributed by atoms with Gasteiger partial charge < -0.3 is 4.90 Å². The Balaban J connectivity index is 1.84. The van der Waals surface area contributed by atoms with Gasteiger partial charge in [-0.2, -0.15) is 5.10 Å². The van der Waals surface area contributed by atoms with Gasteiger partial charge in [-0.05, 0) is 11.1 Å². The van der Waals surface area contributed by atoms with Gasteiger partial charge in [0.05, 0.1) is 11.8 Å². The molecule has 0 aliphatic rings. The van der Waals surface area contributed by atoms with E-state index in [2.05, 4.69) is 5.10 Å². The first-order valence-corrected chi connectivity index (χ1v) is 7.58. The van der Waals surface area contributed by atoms with Crippen molar-refractivity contribution in [2.24, 2.45) is 7.05 Å². The maximum Gasteiger partial charge on any atom is 0.257 e. The van der Waals surface area contributed by atoms with Crippen LogP contribution in [-0.4, -0.2) is 20.6 Å². The Bertz CT molecular complexity index is 724. The van der Waals surface area contributed by atoms with Gasteiger partial charge in [0, 0.05) is 26.3 Å². The smallest absolute Gasteiger partial charge is 0.257 e. The zero-order chi connectivity index (χ0) is 16.1. The molecular formula is C19H19N3O. The fourth-order valence-corrected chi connectivity index (χ4v) is 2.52. The summed E-state index contributed by atoms with van der Waals surface area (Å²) in [5.74, 6) is -0.00851. The topological polar surface area (TPSA) is 38.1 Å². The number of nitrogens with zero attached hydrogens (tertiary/aromatic N) is 3. The van der Waals surface area contributed by atoms with Gasteiger partial charge in [-0.1, -0.05) is 60.7 Å². The summed E-state index contributed by atoms with van der Waals surface area (Å²) in [5.41, 5.74) is 2.83. The number of amides is 1. The summed E-state index contributed by atoms with van der Waals surface area (Å²) in [7, 11) is 1.81. The standard InChI is InChI=1S/C19H19N3O/c1-21-15-18(12-20-21)19(23)22(13-16-8-4-2-5-9-16)14-17-10-6-3-7-11-17/h2-12,15H,13-14H2,1H3. The molecule has 3 rings (SSSR count). The Morgan fingerprint density at radius 3 is 1.91 bits per heavy atom. The molecule has 0 unspecified atom stereocenters. The summed E-state index contributed by atoms with van der Waals surface area (Å²) in [6.07, 6.45) is 3.37. The molecule has 0 spiro atoms. The number of carbonyl (C=O) groups is 1. The monoisotopic (exact) mass is 305 g/mol. The number of rotatable bonds is 5. The van der Waals surface area contributed by atoms with E-state index in [0.29, 0.717) is 18.7 Å². The second-order valence-electron chi connectivity index (χ2n) is 5.54. The van der Waals surface area contributed by atoms with Crippen LogP contribution in [-0.2, 0) is 20.1 Å². The van der Waals surface area contributed by atoms with Crippen LogP contribution < -0.4 is 0 Å². The van der Waals surface area contributed by atoms with Crippen molar-refractivity contribution in [1.82, 2.24) is 14.7 Å². The largest absolute Gasteiger partial charge is 0.330 e. The lowest BCUT2D eigenvalue weighted by Gasteiger charge is -2.22. The van der Waals surface area contributed by atoms with E-state index in [0.717, 1.165) is 11.1 Å². The number of aryl methyl sites for hydroxylation is 1. The molecular weight excluding hydrogens is 286 g/mol. The molecule has 1 aromatic heterocycles. The van der Waals surface area contributed by atoms with Crippen molar-refractivity contribution in [2.75, 3.05) is 0 Å². The molecule has 1 heterocycles. The second-order valence-corrected chi connectivity index (χ2v) is 5.54. The van der Waals surface area contributed by atoms with E-state index in [-0.39, 0.29) is 5.91 Å². The van der Waals surface area contributed by atoms with Crippen LogP contribution in [0.2, 0.25) is 0 Å². The van der Waals surface area contributed by atoms with Crippen molar-refractivity contribution < 1.29 is 4.79 Å². The lowest BCUT2D eigenvalue weighted by atomic mass is 10.1. The quantitative estimate of drug-likeness (QED) is 0.725. The highest BCUT2D eigenvalue weighted by Crippen LogP contribution is 2.14. The Kier molecular flexibility index (Phi) is 4.52. The molecule has 4 heteroatoms. The zero-order valence-corrected chi connectivity index (χ0v) is 13.1. The lowest BCUT2D eigenvalue weighted by molar-refractivity contribution is 0.0730. The summed E-state index contributed by atoms with van der Waals surface area (Å²) in [6.45, 7) is 1.15. The SMILES string of the molecule is Cn1cc(C(=O)N(Cc2ccccc2)Cc2ccccc2)cn1. The van der Waals surface area contributed by atoms with Gasteiger partial charge in [-0.3, -0.25) is 9.48 Å². The highest BCUT2D eigenvalue weighted by Gasteiger charge is 2.18. The number of aromatic nitrogens is 2. The summed E-state index contributed by atoms with van der Waals surface area (Å²) in [5, 5.41) is 4.10. The molecule has 0 N–H and O–H groups in total. The maximum atomic E-state index is 12.8. The normalized spacial score (nSPS) is 10.5. The first-order valence-electron chi connectivity index (χ1n) is 7.58. The highest BCUT2D eigenvalue weighted by atomic mass is 16.2.